The highest BCUT2D eigenvalue weighted by molar-refractivity contribution is 6.02. The number of carbonyl (C=O) groups excluding carboxylic acids is 3. The minimum Gasteiger partial charge on any atom is -0.477 e. The number of carbonyl (C=O) groups is 4. The fourth-order valence-corrected chi connectivity index (χ4v) is 1.81. The number of nitrogens with one attached hydrogen (secondary N) is 1. The van der Waals surface area contributed by atoms with E-state index in [0.29, 0.717) is 0 Å². The van der Waals surface area contributed by atoms with Crippen molar-refractivity contribution in [1.82, 2.24) is 14.8 Å². The van der Waals surface area contributed by atoms with Crippen LogP contribution in [-0.4, -0.2) is 51.4 Å². The number of hydrogen-bond donors (Lipinski definition) is 2. The predicted octanol–water partition coefficient (Wildman–Crippen LogP) is -1.33. The first-order valence-corrected chi connectivity index (χ1v) is 5.46. The number of hydrogen-bond acceptors (Lipinski definition) is 4. The fraction of sp³-hybridized carbons (Fsp3) is 0.273. The summed E-state index contributed by atoms with van der Waals surface area (Å²) in [7, 11) is 0. The standard InChI is InChI=1S/C11H11N3O5/c15-8-4-14(5-9(16)12-8)10(17)6-13-3-1-2-7(13)11(18)19/h1-3H,4-6H2,(H,18,19)(H,12,15,16). The number of carboxylic acids is 1. The monoisotopic (exact) mass is 265 g/mol. The molecule has 0 atom stereocenters. The maximum absolute atomic E-state index is 11.9. The zero-order chi connectivity index (χ0) is 14.0. The molecule has 0 aromatic carbocycles. The number of aromatic nitrogens is 1. The van der Waals surface area contributed by atoms with Crippen LogP contribution in [0.15, 0.2) is 18.3 Å². The van der Waals surface area contributed by atoms with Crippen molar-refractivity contribution in [3.05, 3.63) is 24.0 Å². The maximum Gasteiger partial charge on any atom is 0.352 e. The van der Waals surface area contributed by atoms with Gasteiger partial charge in [-0.3, -0.25) is 19.7 Å². The lowest BCUT2D eigenvalue weighted by Gasteiger charge is -2.25. The third kappa shape index (κ3) is 2.79. The van der Waals surface area contributed by atoms with Gasteiger partial charge in [0.15, 0.2) is 0 Å². The molecule has 1 aromatic heterocycles. The Bertz CT molecular complexity index is 546. The van der Waals surface area contributed by atoms with Crippen LogP contribution >= 0.6 is 0 Å². The van der Waals surface area contributed by atoms with Crippen molar-refractivity contribution in [1.29, 1.82) is 0 Å². The lowest BCUT2D eigenvalue weighted by Crippen LogP contribution is -2.54. The highest BCUT2D eigenvalue weighted by Crippen LogP contribution is 2.05. The molecule has 3 amide bonds. The molecule has 2 heterocycles. The second-order valence-electron chi connectivity index (χ2n) is 4.05. The van der Waals surface area contributed by atoms with Crippen LogP contribution in [0.5, 0.6) is 0 Å². The summed E-state index contributed by atoms with van der Waals surface area (Å²) >= 11 is 0. The predicted molar refractivity (Wildman–Crippen MR) is 61.1 cm³/mol. The smallest absolute Gasteiger partial charge is 0.352 e. The molecule has 1 fully saturated rings. The van der Waals surface area contributed by atoms with E-state index in [4.69, 9.17) is 5.11 Å². The largest absolute Gasteiger partial charge is 0.477 e. The van der Waals surface area contributed by atoms with E-state index in [2.05, 4.69) is 5.32 Å². The number of carboxylic acid groups (broad SMARTS) is 1. The van der Waals surface area contributed by atoms with Crippen LogP contribution < -0.4 is 5.32 Å². The Hall–Kier alpha value is -2.64. The van der Waals surface area contributed by atoms with E-state index in [9.17, 15) is 19.2 Å². The van der Waals surface area contributed by atoms with E-state index >= 15 is 0 Å². The van der Waals surface area contributed by atoms with Gasteiger partial charge in [0.25, 0.3) is 0 Å². The van der Waals surface area contributed by atoms with Gasteiger partial charge in [0.05, 0.1) is 0 Å². The van der Waals surface area contributed by atoms with Crippen molar-refractivity contribution in [2.24, 2.45) is 0 Å². The summed E-state index contributed by atoms with van der Waals surface area (Å²) in [5.74, 6) is -2.72. The molecule has 0 bridgehead atoms. The quantitative estimate of drug-likeness (QED) is 0.658. The Kier molecular flexibility index (Phi) is 3.32. The molecular formula is C11H11N3O5. The Morgan fingerprint density at radius 1 is 1.26 bits per heavy atom. The SMILES string of the molecule is O=C1CN(C(=O)Cn2cccc2C(=O)O)CC(=O)N1. The topological polar surface area (TPSA) is 109 Å². The Labute approximate surface area is 107 Å². The molecule has 8 nitrogen and oxygen atoms in total. The van der Waals surface area contributed by atoms with E-state index in [-0.39, 0.29) is 25.3 Å². The third-order valence-corrected chi connectivity index (χ3v) is 2.65. The summed E-state index contributed by atoms with van der Waals surface area (Å²) in [6.07, 6.45) is 1.45. The summed E-state index contributed by atoms with van der Waals surface area (Å²) in [5, 5.41) is 11.0. The summed E-state index contributed by atoms with van der Waals surface area (Å²) in [4.78, 5) is 46.2. The molecule has 1 aliphatic heterocycles. The first-order valence-electron chi connectivity index (χ1n) is 5.46. The molecule has 8 heteroatoms. The van der Waals surface area contributed by atoms with Crippen LogP contribution in [0.3, 0.4) is 0 Å². The first-order chi connectivity index (χ1) is 8.97. The number of rotatable bonds is 3. The molecule has 2 rings (SSSR count). The van der Waals surface area contributed by atoms with Gasteiger partial charge < -0.3 is 14.6 Å². The van der Waals surface area contributed by atoms with Crippen LogP contribution in [0.4, 0.5) is 0 Å². The van der Waals surface area contributed by atoms with Crippen LogP contribution in [0.25, 0.3) is 0 Å². The fourth-order valence-electron chi connectivity index (χ4n) is 1.81. The molecule has 19 heavy (non-hydrogen) atoms. The Balaban J connectivity index is 2.08. The summed E-state index contributed by atoms with van der Waals surface area (Å²) in [6.45, 7) is -0.627. The third-order valence-electron chi connectivity index (χ3n) is 2.65. The van der Waals surface area contributed by atoms with Gasteiger partial charge in [-0.15, -0.1) is 0 Å². The second kappa shape index (κ2) is 4.92. The van der Waals surface area contributed by atoms with Gasteiger partial charge in [-0.05, 0) is 12.1 Å². The minimum absolute atomic E-state index is 0.0267. The average molecular weight is 265 g/mol. The van der Waals surface area contributed by atoms with Crippen molar-refractivity contribution >= 4 is 23.7 Å². The van der Waals surface area contributed by atoms with Crippen molar-refractivity contribution in [2.75, 3.05) is 13.1 Å². The number of imide groups is 1. The van der Waals surface area contributed by atoms with Crippen LogP contribution in [0.1, 0.15) is 10.5 Å². The number of amides is 3. The van der Waals surface area contributed by atoms with Gasteiger partial charge in [0.2, 0.25) is 17.7 Å². The van der Waals surface area contributed by atoms with Gasteiger partial charge in [-0.25, -0.2) is 4.79 Å². The molecule has 0 aliphatic carbocycles. The van der Waals surface area contributed by atoms with E-state index in [1.54, 1.807) is 0 Å². The molecular weight excluding hydrogens is 254 g/mol. The van der Waals surface area contributed by atoms with Gasteiger partial charge in [-0.2, -0.15) is 0 Å². The van der Waals surface area contributed by atoms with Crippen molar-refractivity contribution in [2.45, 2.75) is 6.54 Å². The maximum atomic E-state index is 11.9. The Morgan fingerprint density at radius 3 is 2.47 bits per heavy atom. The van der Waals surface area contributed by atoms with E-state index in [0.717, 1.165) is 4.90 Å². The zero-order valence-electron chi connectivity index (χ0n) is 9.83. The van der Waals surface area contributed by atoms with Gasteiger partial charge >= 0.3 is 5.97 Å². The van der Waals surface area contributed by atoms with Crippen LogP contribution in [0, 0.1) is 0 Å². The number of nitrogens with zero attached hydrogens (tertiary/aromatic N) is 2. The van der Waals surface area contributed by atoms with Gasteiger partial charge in [0, 0.05) is 6.20 Å². The number of piperazine rings is 1. The second-order valence-corrected chi connectivity index (χ2v) is 4.05. The molecule has 0 saturated carbocycles. The highest BCUT2D eigenvalue weighted by Gasteiger charge is 2.26. The van der Waals surface area contributed by atoms with Crippen LogP contribution in [-0.2, 0) is 20.9 Å². The lowest BCUT2D eigenvalue weighted by atomic mass is 10.3. The number of aromatic carboxylic acids is 1. The summed E-state index contributed by atoms with van der Waals surface area (Å²) in [6, 6.07) is 2.87. The van der Waals surface area contributed by atoms with Gasteiger partial charge in [-0.1, -0.05) is 0 Å². The van der Waals surface area contributed by atoms with Crippen molar-refractivity contribution < 1.29 is 24.3 Å². The highest BCUT2D eigenvalue weighted by atomic mass is 16.4. The van der Waals surface area contributed by atoms with E-state index in [1.807, 2.05) is 0 Å². The summed E-state index contributed by atoms with van der Waals surface area (Å²) < 4.78 is 1.25. The molecule has 1 aromatic rings. The van der Waals surface area contributed by atoms with E-state index in [1.165, 1.54) is 22.9 Å². The molecule has 0 spiro atoms. The van der Waals surface area contributed by atoms with Gasteiger partial charge in [0.1, 0.15) is 25.3 Å². The molecule has 0 radical (unpaired) electrons. The zero-order valence-corrected chi connectivity index (χ0v) is 9.83. The normalized spacial score (nSPS) is 15.3. The molecule has 2 N–H and O–H groups in total. The molecule has 100 valence electrons. The minimum atomic E-state index is -1.15. The van der Waals surface area contributed by atoms with Crippen LogP contribution in [0.2, 0.25) is 0 Å². The van der Waals surface area contributed by atoms with E-state index < -0.39 is 23.7 Å². The molecule has 1 saturated heterocycles. The molecule has 1 aliphatic rings. The molecule has 0 unspecified atom stereocenters. The average Bonchev–Trinajstić information content (AvgIpc) is 2.75. The Morgan fingerprint density at radius 2 is 1.89 bits per heavy atom. The summed E-state index contributed by atoms with van der Waals surface area (Å²) in [5.41, 5.74) is -0.0267. The lowest BCUT2D eigenvalue weighted by molar-refractivity contribution is -0.145. The van der Waals surface area contributed by atoms with Crippen molar-refractivity contribution in [3.8, 4) is 0 Å². The van der Waals surface area contributed by atoms with Crippen molar-refractivity contribution in [3.63, 3.8) is 0 Å². The first kappa shape index (κ1) is 12.8.